The fourth-order valence-electron chi connectivity index (χ4n) is 4.83. The molecule has 1 nitrogen and oxygen atoms in total. The first kappa shape index (κ1) is 30.1. The molecule has 0 fully saturated rings. The van der Waals surface area contributed by atoms with Gasteiger partial charge in [-0.2, -0.15) is 22.0 Å². The summed E-state index contributed by atoms with van der Waals surface area (Å²) >= 11 is 0. The molecule has 0 atom stereocenters. The first-order valence-electron chi connectivity index (χ1n) is 12.6. The average Bonchev–Trinajstić information content (AvgIpc) is 2.91. The molecule has 0 aromatic heterocycles. The van der Waals surface area contributed by atoms with E-state index in [1.54, 1.807) is 6.92 Å². The van der Waals surface area contributed by atoms with Crippen molar-refractivity contribution >= 4 is 21.5 Å². The number of ether oxygens (including phenoxy) is 1. The van der Waals surface area contributed by atoms with Gasteiger partial charge in [-0.3, -0.25) is 0 Å². The van der Waals surface area contributed by atoms with Crippen LogP contribution in [-0.4, -0.2) is 0 Å². The van der Waals surface area contributed by atoms with Gasteiger partial charge in [0.2, 0.25) is 0 Å². The number of hydrogen-bond donors (Lipinski definition) is 0. The highest BCUT2D eigenvalue weighted by Gasteiger charge is 2.39. The minimum Gasteiger partial charge on any atom is -0.426 e. The van der Waals surface area contributed by atoms with Gasteiger partial charge in [0.05, 0.1) is 21.9 Å². The lowest BCUT2D eigenvalue weighted by molar-refractivity contribution is -0.188. The molecule has 0 unspecified atom stereocenters. The molecule has 0 saturated heterocycles. The van der Waals surface area contributed by atoms with Gasteiger partial charge in [0.1, 0.15) is 17.5 Å². The van der Waals surface area contributed by atoms with Crippen molar-refractivity contribution in [1.29, 1.82) is 0 Å². The maximum atomic E-state index is 15.3. The van der Waals surface area contributed by atoms with Crippen molar-refractivity contribution in [3.63, 3.8) is 0 Å². The van der Waals surface area contributed by atoms with E-state index in [0.717, 1.165) is 36.4 Å². The largest absolute Gasteiger partial charge is 0.429 e. The summed E-state index contributed by atoms with van der Waals surface area (Å²) in [6.07, 6.45) is -8.50. The summed E-state index contributed by atoms with van der Waals surface area (Å²) in [6, 6.07) is 7.77. The highest BCUT2D eigenvalue weighted by molar-refractivity contribution is 5.93. The number of aryl methyl sites for hydroxylation is 1. The Labute approximate surface area is 236 Å². The van der Waals surface area contributed by atoms with Crippen LogP contribution >= 0.6 is 0 Å². The van der Waals surface area contributed by atoms with Crippen LogP contribution in [0.4, 0.5) is 48.3 Å². The normalized spacial score (nSPS) is 12.4. The summed E-state index contributed by atoms with van der Waals surface area (Å²) in [7, 11) is 0. The van der Waals surface area contributed by atoms with Crippen molar-refractivity contribution < 1.29 is 53.0 Å². The third-order valence-corrected chi connectivity index (χ3v) is 6.83. The van der Waals surface area contributed by atoms with E-state index in [-0.39, 0.29) is 0 Å². The molecule has 0 spiro atoms. The Balaban J connectivity index is 1.57. The molecule has 0 N–H and O–H groups in total. The lowest BCUT2D eigenvalue weighted by Crippen LogP contribution is -2.24. The van der Waals surface area contributed by atoms with E-state index < -0.39 is 96.7 Å². The molecule has 224 valence electrons. The summed E-state index contributed by atoms with van der Waals surface area (Å²) in [5.41, 5.74) is -3.63. The molecule has 0 saturated carbocycles. The van der Waals surface area contributed by atoms with Gasteiger partial charge in [-0.25, -0.2) is 26.3 Å². The molecular weight excluding hydrogens is 597 g/mol. The highest BCUT2D eigenvalue weighted by Crippen LogP contribution is 2.41. The molecule has 0 aliphatic heterocycles. The minimum atomic E-state index is -5.12. The van der Waals surface area contributed by atoms with E-state index in [1.165, 1.54) is 6.07 Å². The van der Waals surface area contributed by atoms with Gasteiger partial charge in [0.25, 0.3) is 0 Å². The first-order chi connectivity index (χ1) is 20.1. The first-order valence-corrected chi connectivity index (χ1v) is 12.6. The summed E-state index contributed by atoms with van der Waals surface area (Å²) in [5, 5.41) is -2.95. The second-order valence-corrected chi connectivity index (χ2v) is 9.69. The lowest BCUT2D eigenvalue weighted by atomic mass is 9.96. The quantitative estimate of drug-likeness (QED) is 0.173. The zero-order valence-corrected chi connectivity index (χ0v) is 21.8. The van der Waals surface area contributed by atoms with Crippen LogP contribution in [0.1, 0.15) is 30.0 Å². The van der Waals surface area contributed by atoms with Crippen LogP contribution in [0.2, 0.25) is 0 Å². The van der Waals surface area contributed by atoms with Crippen molar-refractivity contribution in [2.75, 3.05) is 0 Å². The fraction of sp³-hybridized carbons (Fsp3) is 0.161. The minimum absolute atomic E-state index is 0.357. The van der Waals surface area contributed by atoms with Crippen LogP contribution in [0.25, 0.3) is 32.7 Å². The monoisotopic (exact) mass is 614 g/mol. The standard InChI is InChI=1S/C31H17F11O/c1-2-3-14-4-7-19(21(32)10-14)31(41,42)43-23-9-6-16-12-18(26(34)29(37)25(16)28(23)36)17-11-15-5-8-20(30(38,39)40)27(35)24(15)22(33)13-17/h4-13H,2-3H2,1H3. The second kappa shape index (κ2) is 10.7. The Morgan fingerprint density at radius 2 is 1.26 bits per heavy atom. The molecule has 0 bridgehead atoms. The van der Waals surface area contributed by atoms with Crippen molar-refractivity contribution in [2.45, 2.75) is 32.1 Å². The number of halogens is 11. The smallest absolute Gasteiger partial charge is 0.426 e. The second-order valence-electron chi connectivity index (χ2n) is 9.69. The van der Waals surface area contributed by atoms with Crippen LogP contribution in [0.5, 0.6) is 5.75 Å². The topological polar surface area (TPSA) is 9.23 Å². The number of rotatable bonds is 6. The molecule has 0 aliphatic carbocycles. The summed E-state index contributed by atoms with van der Waals surface area (Å²) < 4.78 is 163. The molecule has 0 heterocycles. The Hall–Kier alpha value is -4.35. The van der Waals surface area contributed by atoms with E-state index in [4.69, 9.17) is 0 Å². The van der Waals surface area contributed by atoms with Crippen LogP contribution in [0.15, 0.2) is 60.7 Å². The molecule has 0 radical (unpaired) electrons. The maximum Gasteiger partial charge on any atom is 0.429 e. The van der Waals surface area contributed by atoms with E-state index in [9.17, 15) is 35.1 Å². The van der Waals surface area contributed by atoms with Gasteiger partial charge in [0.15, 0.2) is 23.2 Å². The van der Waals surface area contributed by atoms with Gasteiger partial charge in [-0.15, -0.1) is 0 Å². The predicted octanol–water partition coefficient (Wildman–Crippen LogP) is 10.6. The Kier molecular flexibility index (Phi) is 7.52. The van der Waals surface area contributed by atoms with Gasteiger partial charge in [-0.05, 0) is 70.8 Å². The Morgan fingerprint density at radius 3 is 1.91 bits per heavy atom. The fourth-order valence-corrected chi connectivity index (χ4v) is 4.83. The predicted molar refractivity (Wildman–Crippen MR) is 137 cm³/mol. The van der Waals surface area contributed by atoms with Crippen molar-refractivity contribution in [3.05, 3.63) is 112 Å². The van der Waals surface area contributed by atoms with E-state index in [1.807, 2.05) is 0 Å². The maximum absolute atomic E-state index is 15.3. The summed E-state index contributed by atoms with van der Waals surface area (Å²) in [4.78, 5) is 0. The van der Waals surface area contributed by atoms with Gasteiger partial charge < -0.3 is 4.74 Å². The van der Waals surface area contributed by atoms with E-state index in [2.05, 4.69) is 4.74 Å². The van der Waals surface area contributed by atoms with Crippen molar-refractivity contribution in [3.8, 4) is 16.9 Å². The molecule has 5 aromatic carbocycles. The molecular formula is C31H17F11O. The van der Waals surface area contributed by atoms with Gasteiger partial charge in [0, 0.05) is 5.56 Å². The van der Waals surface area contributed by atoms with Gasteiger partial charge >= 0.3 is 12.3 Å². The molecule has 5 aromatic rings. The Bertz CT molecular complexity index is 1890. The number of benzene rings is 5. The van der Waals surface area contributed by atoms with Crippen LogP contribution in [-0.2, 0) is 18.7 Å². The number of alkyl halides is 5. The van der Waals surface area contributed by atoms with E-state index >= 15 is 13.2 Å². The third-order valence-electron chi connectivity index (χ3n) is 6.83. The SMILES string of the molecule is CCCc1ccc(C(F)(F)Oc2ccc3cc(-c4cc(F)c5c(F)c(C(F)(F)F)ccc5c4)c(F)c(F)c3c2F)c(F)c1. The molecule has 5 rings (SSSR count). The zero-order valence-electron chi connectivity index (χ0n) is 21.8. The summed E-state index contributed by atoms with van der Waals surface area (Å²) in [5.74, 6) is -11.4. The van der Waals surface area contributed by atoms with E-state index in [0.29, 0.717) is 36.6 Å². The lowest BCUT2D eigenvalue weighted by Gasteiger charge is -2.20. The van der Waals surface area contributed by atoms with Crippen LogP contribution in [0, 0.1) is 34.9 Å². The zero-order chi connectivity index (χ0) is 31.4. The average molecular weight is 614 g/mol. The number of fused-ring (bicyclic) bond motifs is 2. The number of hydrogen-bond acceptors (Lipinski definition) is 1. The summed E-state index contributed by atoms with van der Waals surface area (Å²) in [6.45, 7) is 1.80. The van der Waals surface area contributed by atoms with Crippen LogP contribution in [0.3, 0.4) is 0 Å². The molecule has 0 aliphatic rings. The Morgan fingerprint density at radius 1 is 0.605 bits per heavy atom. The molecule has 43 heavy (non-hydrogen) atoms. The highest BCUT2D eigenvalue weighted by atomic mass is 19.4. The molecule has 0 amide bonds. The van der Waals surface area contributed by atoms with Crippen LogP contribution < -0.4 is 4.74 Å². The van der Waals surface area contributed by atoms with Gasteiger partial charge in [-0.1, -0.05) is 31.5 Å². The van der Waals surface area contributed by atoms with Crippen molar-refractivity contribution in [2.24, 2.45) is 0 Å². The van der Waals surface area contributed by atoms with Crippen molar-refractivity contribution in [1.82, 2.24) is 0 Å². The molecule has 12 heteroatoms. The third kappa shape index (κ3) is 5.34.